The normalized spacial score (nSPS) is 18.3. The second-order valence-corrected chi connectivity index (χ2v) is 4.58. The van der Waals surface area contributed by atoms with Crippen molar-refractivity contribution in [3.8, 4) is 0 Å². The second-order valence-electron chi connectivity index (χ2n) is 4.58. The van der Waals surface area contributed by atoms with Gasteiger partial charge in [0.2, 0.25) is 5.91 Å². The topological polar surface area (TPSA) is 89.3 Å². The number of carbonyl (C=O) groups excluding carboxylic acids is 2. The molecule has 1 amide bonds. The maximum atomic E-state index is 11.7. The summed E-state index contributed by atoms with van der Waals surface area (Å²) in [5.41, 5.74) is 0.684. The lowest BCUT2D eigenvalue weighted by molar-refractivity contribution is -0.384. The third kappa shape index (κ3) is 3.37. The van der Waals surface area contributed by atoms with Crippen molar-refractivity contribution in [1.29, 1.82) is 0 Å². The molecule has 6 nitrogen and oxygen atoms in total. The summed E-state index contributed by atoms with van der Waals surface area (Å²) in [7, 11) is 0. The number of nitrogens with one attached hydrogen (secondary N) is 1. The van der Waals surface area contributed by atoms with E-state index in [9.17, 15) is 19.7 Å². The van der Waals surface area contributed by atoms with Crippen molar-refractivity contribution < 1.29 is 14.5 Å². The average molecular weight is 262 g/mol. The highest BCUT2D eigenvalue weighted by molar-refractivity contribution is 5.91. The van der Waals surface area contributed by atoms with E-state index in [0.29, 0.717) is 18.4 Å². The zero-order chi connectivity index (χ0) is 13.8. The van der Waals surface area contributed by atoms with Gasteiger partial charge in [-0.3, -0.25) is 19.7 Å². The molecule has 0 radical (unpaired) electrons. The van der Waals surface area contributed by atoms with E-state index in [0.717, 1.165) is 6.42 Å². The summed E-state index contributed by atoms with van der Waals surface area (Å²) in [5, 5.41) is 13.2. The Labute approximate surface area is 110 Å². The number of Topliss-reactive ketones (excluding diaryl/α,β-unsaturated/α-hetero) is 1. The molecular weight excluding hydrogens is 248 g/mol. The number of non-ortho nitro benzene ring substituents is 1. The number of nitro benzene ring substituents is 1. The number of nitrogens with zero attached hydrogens (tertiary/aromatic N) is 1. The Morgan fingerprint density at radius 2 is 2.05 bits per heavy atom. The SMILES string of the molecule is O=C(Cc1ccc([N+](=O)[O-])cc1)NC1CCCC1=O. The van der Waals surface area contributed by atoms with Crippen LogP contribution in [0.15, 0.2) is 24.3 Å². The molecule has 1 aromatic carbocycles. The molecule has 1 N–H and O–H groups in total. The predicted octanol–water partition coefficient (Wildman–Crippen LogP) is 1.38. The number of rotatable bonds is 4. The van der Waals surface area contributed by atoms with Gasteiger partial charge in [0.1, 0.15) is 0 Å². The summed E-state index contributed by atoms with van der Waals surface area (Å²) < 4.78 is 0. The van der Waals surface area contributed by atoms with Gasteiger partial charge in [-0.2, -0.15) is 0 Å². The smallest absolute Gasteiger partial charge is 0.269 e. The first kappa shape index (κ1) is 13.2. The summed E-state index contributed by atoms with van der Waals surface area (Å²) in [6, 6.07) is 5.47. The number of hydrogen-bond acceptors (Lipinski definition) is 4. The van der Waals surface area contributed by atoms with Crippen LogP contribution in [0.1, 0.15) is 24.8 Å². The van der Waals surface area contributed by atoms with Crippen LogP contribution in [0.2, 0.25) is 0 Å². The number of ketones is 1. The molecule has 1 aromatic rings. The van der Waals surface area contributed by atoms with Crippen LogP contribution in [0.25, 0.3) is 0 Å². The van der Waals surface area contributed by atoms with Gasteiger partial charge < -0.3 is 5.32 Å². The van der Waals surface area contributed by atoms with Gasteiger partial charge in [-0.15, -0.1) is 0 Å². The van der Waals surface area contributed by atoms with Crippen molar-refractivity contribution in [2.75, 3.05) is 0 Å². The summed E-state index contributed by atoms with van der Waals surface area (Å²) in [6.07, 6.45) is 2.18. The van der Waals surface area contributed by atoms with Gasteiger partial charge >= 0.3 is 0 Å². The zero-order valence-corrected chi connectivity index (χ0v) is 10.3. The van der Waals surface area contributed by atoms with Gasteiger partial charge in [-0.1, -0.05) is 12.1 Å². The molecule has 1 aliphatic carbocycles. The lowest BCUT2D eigenvalue weighted by Crippen LogP contribution is -2.38. The maximum absolute atomic E-state index is 11.7. The van der Waals surface area contributed by atoms with E-state index in [-0.39, 0.29) is 29.8 Å². The molecule has 6 heteroatoms. The van der Waals surface area contributed by atoms with Crippen LogP contribution < -0.4 is 5.32 Å². The van der Waals surface area contributed by atoms with E-state index in [2.05, 4.69) is 5.32 Å². The zero-order valence-electron chi connectivity index (χ0n) is 10.3. The van der Waals surface area contributed by atoms with Gasteiger partial charge in [0, 0.05) is 18.6 Å². The van der Waals surface area contributed by atoms with Crippen molar-refractivity contribution in [1.82, 2.24) is 5.32 Å². The number of benzene rings is 1. The Morgan fingerprint density at radius 3 is 2.58 bits per heavy atom. The van der Waals surface area contributed by atoms with Crippen LogP contribution in [0.3, 0.4) is 0 Å². The molecule has 1 saturated carbocycles. The molecule has 1 unspecified atom stereocenters. The quantitative estimate of drug-likeness (QED) is 0.655. The van der Waals surface area contributed by atoms with Crippen LogP contribution in [0.4, 0.5) is 5.69 Å². The van der Waals surface area contributed by atoms with Crippen molar-refractivity contribution >= 4 is 17.4 Å². The molecule has 100 valence electrons. The van der Waals surface area contributed by atoms with Crippen molar-refractivity contribution in [2.45, 2.75) is 31.7 Å². The predicted molar refractivity (Wildman–Crippen MR) is 67.6 cm³/mol. The minimum atomic E-state index is -0.485. The Kier molecular flexibility index (Phi) is 3.89. The highest BCUT2D eigenvalue weighted by Gasteiger charge is 2.25. The second kappa shape index (κ2) is 5.60. The van der Waals surface area contributed by atoms with Crippen molar-refractivity contribution in [3.63, 3.8) is 0 Å². The average Bonchev–Trinajstić information content (AvgIpc) is 2.75. The van der Waals surface area contributed by atoms with E-state index >= 15 is 0 Å². The summed E-state index contributed by atoms with van der Waals surface area (Å²) in [5.74, 6) is -0.147. The van der Waals surface area contributed by atoms with Gasteiger partial charge in [-0.25, -0.2) is 0 Å². The first-order valence-corrected chi connectivity index (χ1v) is 6.11. The molecule has 2 rings (SSSR count). The van der Waals surface area contributed by atoms with Crippen LogP contribution in [-0.2, 0) is 16.0 Å². The van der Waals surface area contributed by atoms with Crippen LogP contribution in [0.5, 0.6) is 0 Å². The molecule has 19 heavy (non-hydrogen) atoms. The molecule has 1 fully saturated rings. The molecular formula is C13H14N2O4. The fourth-order valence-electron chi connectivity index (χ4n) is 2.13. The first-order chi connectivity index (χ1) is 9.06. The van der Waals surface area contributed by atoms with Crippen molar-refractivity contribution in [3.05, 3.63) is 39.9 Å². The van der Waals surface area contributed by atoms with Gasteiger partial charge in [0.25, 0.3) is 5.69 Å². The fraction of sp³-hybridized carbons (Fsp3) is 0.385. The largest absolute Gasteiger partial charge is 0.346 e. The van der Waals surface area contributed by atoms with Gasteiger partial charge in [-0.05, 0) is 18.4 Å². The molecule has 1 aliphatic rings. The molecule has 0 bridgehead atoms. The van der Waals surface area contributed by atoms with E-state index < -0.39 is 4.92 Å². The molecule has 1 atom stereocenters. The minimum Gasteiger partial charge on any atom is -0.346 e. The minimum absolute atomic E-state index is 0.00451. The Hall–Kier alpha value is -2.24. The molecule has 0 aromatic heterocycles. The Balaban J connectivity index is 1.91. The monoisotopic (exact) mass is 262 g/mol. The van der Waals surface area contributed by atoms with Gasteiger partial charge in [0.15, 0.2) is 5.78 Å². The molecule has 0 spiro atoms. The summed E-state index contributed by atoms with van der Waals surface area (Å²) in [4.78, 5) is 33.1. The number of amides is 1. The third-order valence-electron chi connectivity index (χ3n) is 3.15. The van der Waals surface area contributed by atoms with Gasteiger partial charge in [0.05, 0.1) is 17.4 Å². The highest BCUT2D eigenvalue weighted by Crippen LogP contribution is 2.15. The Bertz CT molecular complexity index is 510. The van der Waals surface area contributed by atoms with E-state index in [1.54, 1.807) is 12.1 Å². The lowest BCUT2D eigenvalue weighted by Gasteiger charge is -2.10. The van der Waals surface area contributed by atoms with Crippen LogP contribution in [0, 0.1) is 10.1 Å². The maximum Gasteiger partial charge on any atom is 0.269 e. The van der Waals surface area contributed by atoms with Crippen LogP contribution in [-0.4, -0.2) is 22.7 Å². The number of hydrogen-bond donors (Lipinski definition) is 1. The summed E-state index contributed by atoms with van der Waals surface area (Å²) >= 11 is 0. The first-order valence-electron chi connectivity index (χ1n) is 6.11. The lowest BCUT2D eigenvalue weighted by atomic mass is 10.1. The summed E-state index contributed by atoms with van der Waals surface area (Å²) in [6.45, 7) is 0. The standard InChI is InChI=1S/C13H14N2O4/c16-12-3-1-2-11(12)14-13(17)8-9-4-6-10(7-5-9)15(18)19/h4-7,11H,1-3,8H2,(H,14,17). The Morgan fingerprint density at radius 1 is 1.37 bits per heavy atom. The third-order valence-corrected chi connectivity index (χ3v) is 3.15. The van der Waals surface area contributed by atoms with Crippen LogP contribution >= 0.6 is 0 Å². The fourth-order valence-corrected chi connectivity index (χ4v) is 2.13. The molecule has 0 saturated heterocycles. The highest BCUT2D eigenvalue weighted by atomic mass is 16.6. The van der Waals surface area contributed by atoms with E-state index in [4.69, 9.17) is 0 Å². The molecule has 0 aliphatic heterocycles. The van der Waals surface area contributed by atoms with E-state index in [1.165, 1.54) is 12.1 Å². The number of carbonyl (C=O) groups is 2. The molecule has 0 heterocycles. The number of nitro groups is 1. The van der Waals surface area contributed by atoms with Crippen molar-refractivity contribution in [2.24, 2.45) is 0 Å². The van der Waals surface area contributed by atoms with E-state index in [1.807, 2.05) is 0 Å².